The van der Waals surface area contributed by atoms with E-state index in [9.17, 15) is 10.2 Å². The maximum atomic E-state index is 9.61. The van der Waals surface area contributed by atoms with Crippen molar-refractivity contribution in [1.82, 2.24) is 19.5 Å². The van der Waals surface area contributed by atoms with Crippen molar-refractivity contribution in [2.24, 2.45) is 17.3 Å². The Bertz CT molecular complexity index is 639. The average molecular weight is 277 g/mol. The third-order valence-corrected chi connectivity index (χ3v) is 4.73. The molecule has 2 heterocycles. The first kappa shape index (κ1) is 13.3. The summed E-state index contributed by atoms with van der Waals surface area (Å²) in [4.78, 5) is 12.5. The third-order valence-electron chi connectivity index (χ3n) is 4.73. The van der Waals surface area contributed by atoms with E-state index in [0.29, 0.717) is 17.0 Å². The van der Waals surface area contributed by atoms with Gasteiger partial charge in [0.05, 0.1) is 6.33 Å². The highest BCUT2D eigenvalue weighted by Gasteiger charge is 2.56. The fourth-order valence-electron chi connectivity index (χ4n) is 3.66. The van der Waals surface area contributed by atoms with Crippen LogP contribution in [0.15, 0.2) is 12.7 Å². The van der Waals surface area contributed by atoms with E-state index >= 15 is 0 Å². The number of imidazole rings is 1. The summed E-state index contributed by atoms with van der Waals surface area (Å²) in [6, 6.07) is 0.0314. The van der Waals surface area contributed by atoms with Crippen molar-refractivity contribution in [2.45, 2.75) is 19.9 Å². The molecule has 7 heteroatoms. The van der Waals surface area contributed by atoms with Crippen LogP contribution in [-0.4, -0.2) is 42.9 Å². The Hall–Kier alpha value is -1.73. The van der Waals surface area contributed by atoms with Crippen LogP contribution >= 0.6 is 0 Å². The Balaban J connectivity index is 2.09. The lowest BCUT2D eigenvalue weighted by atomic mass is 9.52. The van der Waals surface area contributed by atoms with E-state index in [0.717, 1.165) is 0 Å². The Labute approximate surface area is 116 Å². The molecule has 0 aliphatic heterocycles. The lowest BCUT2D eigenvalue weighted by Gasteiger charge is -2.57. The molecule has 4 N–H and O–H groups in total. The van der Waals surface area contributed by atoms with Crippen molar-refractivity contribution in [3.05, 3.63) is 12.7 Å². The topological polar surface area (TPSA) is 110 Å². The second kappa shape index (κ2) is 4.39. The van der Waals surface area contributed by atoms with E-state index in [4.69, 9.17) is 5.73 Å². The number of nitrogens with two attached hydrogens (primary N) is 1. The van der Waals surface area contributed by atoms with Gasteiger partial charge >= 0.3 is 0 Å². The molecule has 3 rings (SSSR count). The Kier molecular flexibility index (Phi) is 2.91. The van der Waals surface area contributed by atoms with Crippen LogP contribution in [0.2, 0.25) is 0 Å². The number of hydrogen-bond acceptors (Lipinski definition) is 6. The number of fused-ring (bicyclic) bond motifs is 1. The number of aromatic nitrogens is 4. The first-order chi connectivity index (χ1) is 9.52. The summed E-state index contributed by atoms with van der Waals surface area (Å²) in [6.45, 7) is 4.26. The highest BCUT2D eigenvalue weighted by atomic mass is 16.3. The lowest BCUT2D eigenvalue weighted by molar-refractivity contribution is -0.127. The molecule has 0 saturated heterocycles. The minimum absolute atomic E-state index is 0.0106. The summed E-state index contributed by atoms with van der Waals surface area (Å²) in [6.07, 6.45) is 3.11. The summed E-state index contributed by atoms with van der Waals surface area (Å²) in [5.41, 5.74) is 6.91. The first-order valence-electron chi connectivity index (χ1n) is 6.67. The van der Waals surface area contributed by atoms with Crippen LogP contribution in [-0.2, 0) is 0 Å². The van der Waals surface area contributed by atoms with E-state index in [2.05, 4.69) is 28.8 Å². The molecule has 20 heavy (non-hydrogen) atoms. The smallest absolute Gasteiger partial charge is 0.165 e. The van der Waals surface area contributed by atoms with E-state index in [1.54, 1.807) is 6.33 Å². The zero-order valence-corrected chi connectivity index (χ0v) is 11.6. The molecular formula is C13H19N5O2. The van der Waals surface area contributed by atoms with Gasteiger partial charge < -0.3 is 20.5 Å². The fourth-order valence-corrected chi connectivity index (χ4v) is 3.66. The van der Waals surface area contributed by atoms with Crippen LogP contribution in [0.25, 0.3) is 11.2 Å². The fraction of sp³-hybridized carbons (Fsp3) is 0.615. The average Bonchev–Trinajstić information content (AvgIpc) is 2.82. The number of nitrogen functional groups attached to an aromatic ring is 1. The Morgan fingerprint density at radius 2 is 2.00 bits per heavy atom. The highest BCUT2D eigenvalue weighted by Crippen LogP contribution is 2.58. The minimum Gasteiger partial charge on any atom is -0.396 e. The van der Waals surface area contributed by atoms with Gasteiger partial charge in [-0.3, -0.25) is 0 Å². The predicted molar refractivity (Wildman–Crippen MR) is 73.7 cm³/mol. The van der Waals surface area contributed by atoms with Crippen LogP contribution < -0.4 is 5.73 Å². The van der Waals surface area contributed by atoms with Gasteiger partial charge in [0.2, 0.25) is 0 Å². The normalized spacial score (nSPS) is 28.5. The van der Waals surface area contributed by atoms with Crippen molar-refractivity contribution < 1.29 is 10.2 Å². The summed E-state index contributed by atoms with van der Waals surface area (Å²) in [5.74, 6) is 0.405. The number of rotatable bonds is 3. The molecule has 0 amide bonds. The molecular weight excluding hydrogens is 258 g/mol. The Morgan fingerprint density at radius 3 is 2.65 bits per heavy atom. The number of aliphatic hydroxyl groups excluding tert-OH is 2. The van der Waals surface area contributed by atoms with Gasteiger partial charge in [0.25, 0.3) is 0 Å². The largest absolute Gasteiger partial charge is 0.396 e. The molecule has 2 aromatic rings. The molecule has 0 bridgehead atoms. The van der Waals surface area contributed by atoms with Gasteiger partial charge in [0.1, 0.15) is 11.8 Å². The SMILES string of the molecule is CC1(C)[C@H](CO)C(CO)[C@@H]1n1cnc2c(N)ncnc21. The van der Waals surface area contributed by atoms with Gasteiger partial charge in [-0.15, -0.1) is 0 Å². The molecule has 0 aromatic carbocycles. The number of hydrogen-bond donors (Lipinski definition) is 3. The van der Waals surface area contributed by atoms with Crippen LogP contribution in [0.4, 0.5) is 5.82 Å². The second-order valence-electron chi connectivity index (χ2n) is 5.98. The van der Waals surface area contributed by atoms with Crippen LogP contribution in [0.3, 0.4) is 0 Å². The molecule has 3 atom stereocenters. The van der Waals surface area contributed by atoms with Crippen LogP contribution in [0.1, 0.15) is 19.9 Å². The first-order valence-corrected chi connectivity index (χ1v) is 6.67. The molecule has 0 spiro atoms. The summed E-state index contributed by atoms with van der Waals surface area (Å²) < 4.78 is 1.94. The van der Waals surface area contributed by atoms with Crippen molar-refractivity contribution in [2.75, 3.05) is 18.9 Å². The number of nitrogens with zero attached hydrogens (tertiary/aromatic N) is 4. The van der Waals surface area contributed by atoms with Crippen molar-refractivity contribution in [3.8, 4) is 0 Å². The van der Waals surface area contributed by atoms with E-state index < -0.39 is 0 Å². The predicted octanol–water partition coefficient (Wildman–Crippen LogP) is 0.206. The minimum atomic E-state index is -0.143. The van der Waals surface area contributed by atoms with Crippen LogP contribution in [0.5, 0.6) is 0 Å². The summed E-state index contributed by atoms with van der Waals surface area (Å²) in [7, 11) is 0. The van der Waals surface area contributed by atoms with Crippen LogP contribution in [0, 0.1) is 17.3 Å². The molecule has 7 nitrogen and oxygen atoms in total. The van der Waals surface area contributed by atoms with E-state index in [-0.39, 0.29) is 36.5 Å². The molecule has 1 saturated carbocycles. The third kappa shape index (κ3) is 1.56. The maximum absolute atomic E-state index is 9.61. The molecule has 0 radical (unpaired) electrons. The molecule has 2 aromatic heterocycles. The summed E-state index contributed by atoms with van der Waals surface area (Å²) >= 11 is 0. The molecule has 1 fully saturated rings. The van der Waals surface area contributed by atoms with Crippen molar-refractivity contribution in [1.29, 1.82) is 0 Å². The standard InChI is InChI=1S/C13H19N5O2/c1-13(2)8(4-20)7(3-19)10(13)18-6-17-9-11(14)15-5-16-12(9)18/h5-8,10,19-20H,3-4H2,1-2H3,(H2,14,15,16)/t7?,8-,10+/m1/s1. The van der Waals surface area contributed by atoms with Gasteiger partial charge in [-0.2, -0.15) is 0 Å². The molecule has 1 aliphatic carbocycles. The van der Waals surface area contributed by atoms with E-state index in [1.165, 1.54) is 6.33 Å². The van der Waals surface area contributed by atoms with Gasteiger partial charge in [-0.05, 0) is 11.3 Å². The lowest BCUT2D eigenvalue weighted by Crippen LogP contribution is -2.57. The zero-order chi connectivity index (χ0) is 14.5. The van der Waals surface area contributed by atoms with E-state index in [1.807, 2.05) is 4.57 Å². The second-order valence-corrected chi connectivity index (χ2v) is 5.98. The molecule has 108 valence electrons. The van der Waals surface area contributed by atoms with Crippen molar-refractivity contribution >= 4 is 17.0 Å². The van der Waals surface area contributed by atoms with Gasteiger partial charge in [0, 0.05) is 25.2 Å². The zero-order valence-electron chi connectivity index (χ0n) is 11.6. The quantitative estimate of drug-likeness (QED) is 0.739. The summed E-state index contributed by atoms with van der Waals surface area (Å²) in [5, 5.41) is 19.1. The number of anilines is 1. The Morgan fingerprint density at radius 1 is 1.25 bits per heavy atom. The maximum Gasteiger partial charge on any atom is 0.165 e. The van der Waals surface area contributed by atoms with Gasteiger partial charge in [0.15, 0.2) is 11.5 Å². The van der Waals surface area contributed by atoms with Gasteiger partial charge in [-0.1, -0.05) is 13.8 Å². The van der Waals surface area contributed by atoms with Crippen molar-refractivity contribution in [3.63, 3.8) is 0 Å². The monoisotopic (exact) mass is 277 g/mol. The molecule has 1 aliphatic rings. The number of aliphatic hydroxyl groups is 2. The highest BCUT2D eigenvalue weighted by molar-refractivity contribution is 5.81. The van der Waals surface area contributed by atoms with Gasteiger partial charge in [-0.25, -0.2) is 15.0 Å². The molecule has 1 unspecified atom stereocenters.